The molecular formula is C26H33FN4O2. The average Bonchev–Trinajstić information content (AvgIpc) is 2.98. The summed E-state index contributed by atoms with van der Waals surface area (Å²) in [5.41, 5.74) is 1.03. The number of carbonyl (C=O) groups is 2. The molecule has 0 radical (unpaired) electrons. The summed E-state index contributed by atoms with van der Waals surface area (Å²) in [7, 11) is 0. The van der Waals surface area contributed by atoms with Gasteiger partial charge in [0.1, 0.15) is 11.4 Å². The molecule has 2 aliphatic rings. The SMILES string of the molecule is CC(C)(C)C(NCN1C(=O)NC2(CCCN(Cc3ccccc3)C2)C1=O)c1ccc(F)cc1. The van der Waals surface area contributed by atoms with Crippen molar-refractivity contribution < 1.29 is 14.0 Å². The van der Waals surface area contributed by atoms with Gasteiger partial charge in [-0.15, -0.1) is 0 Å². The molecule has 6 nitrogen and oxygen atoms in total. The average molecular weight is 453 g/mol. The third kappa shape index (κ3) is 5.09. The monoisotopic (exact) mass is 452 g/mol. The first-order valence-corrected chi connectivity index (χ1v) is 11.6. The van der Waals surface area contributed by atoms with Gasteiger partial charge >= 0.3 is 6.03 Å². The Kier molecular flexibility index (Phi) is 6.54. The zero-order valence-corrected chi connectivity index (χ0v) is 19.6. The Morgan fingerprint density at radius 1 is 1.09 bits per heavy atom. The van der Waals surface area contributed by atoms with Crippen molar-refractivity contribution in [3.63, 3.8) is 0 Å². The predicted octanol–water partition coefficient (Wildman–Crippen LogP) is 4.05. The zero-order valence-electron chi connectivity index (χ0n) is 19.6. The maximum absolute atomic E-state index is 13.5. The van der Waals surface area contributed by atoms with Crippen molar-refractivity contribution in [3.8, 4) is 0 Å². The molecule has 3 amide bonds. The third-order valence-corrected chi connectivity index (χ3v) is 6.59. The van der Waals surface area contributed by atoms with Crippen molar-refractivity contribution >= 4 is 11.9 Å². The number of urea groups is 1. The lowest BCUT2D eigenvalue weighted by atomic mass is 9.82. The first kappa shape index (κ1) is 23.4. The Labute approximate surface area is 195 Å². The minimum absolute atomic E-state index is 0.102. The Morgan fingerprint density at radius 3 is 2.45 bits per heavy atom. The van der Waals surface area contributed by atoms with Crippen molar-refractivity contribution in [1.82, 2.24) is 20.4 Å². The summed E-state index contributed by atoms with van der Waals surface area (Å²) in [6.45, 7) is 8.47. The number of nitrogens with one attached hydrogen (secondary N) is 2. The second-order valence-corrected chi connectivity index (χ2v) is 10.3. The van der Waals surface area contributed by atoms with Gasteiger partial charge in [-0.1, -0.05) is 63.2 Å². The number of hydrogen-bond donors (Lipinski definition) is 2. The van der Waals surface area contributed by atoms with Crippen LogP contribution in [0.4, 0.5) is 9.18 Å². The molecule has 33 heavy (non-hydrogen) atoms. The van der Waals surface area contributed by atoms with Crippen LogP contribution in [-0.4, -0.2) is 47.0 Å². The zero-order chi connectivity index (χ0) is 23.6. The second kappa shape index (κ2) is 9.23. The van der Waals surface area contributed by atoms with Crippen molar-refractivity contribution in [3.05, 3.63) is 71.5 Å². The Hall–Kier alpha value is -2.77. The summed E-state index contributed by atoms with van der Waals surface area (Å²) in [5, 5.41) is 6.38. The van der Waals surface area contributed by atoms with Crippen LogP contribution in [0.3, 0.4) is 0 Å². The molecule has 2 N–H and O–H groups in total. The van der Waals surface area contributed by atoms with Gasteiger partial charge in [-0.05, 0) is 48.1 Å². The van der Waals surface area contributed by atoms with Crippen LogP contribution in [-0.2, 0) is 11.3 Å². The number of carbonyl (C=O) groups excluding carboxylic acids is 2. The fourth-order valence-electron chi connectivity index (χ4n) is 4.98. The van der Waals surface area contributed by atoms with Crippen molar-refractivity contribution in [1.29, 1.82) is 0 Å². The Balaban J connectivity index is 1.45. The fraction of sp³-hybridized carbons (Fsp3) is 0.462. The molecule has 176 valence electrons. The predicted molar refractivity (Wildman–Crippen MR) is 126 cm³/mol. The van der Waals surface area contributed by atoms with Crippen LogP contribution in [0.5, 0.6) is 0 Å². The summed E-state index contributed by atoms with van der Waals surface area (Å²) in [6.07, 6.45) is 1.49. The summed E-state index contributed by atoms with van der Waals surface area (Å²) in [4.78, 5) is 29.8. The van der Waals surface area contributed by atoms with Gasteiger partial charge in [-0.25, -0.2) is 14.1 Å². The number of imide groups is 1. The summed E-state index contributed by atoms with van der Waals surface area (Å²) in [5.74, 6) is -0.468. The van der Waals surface area contributed by atoms with Gasteiger partial charge in [0, 0.05) is 19.1 Å². The Morgan fingerprint density at radius 2 is 1.79 bits per heavy atom. The highest BCUT2D eigenvalue weighted by Gasteiger charge is 2.53. The number of amides is 3. The minimum Gasteiger partial charge on any atom is -0.322 e. The van der Waals surface area contributed by atoms with Crippen LogP contribution >= 0.6 is 0 Å². The fourth-order valence-corrected chi connectivity index (χ4v) is 4.98. The molecule has 2 aliphatic heterocycles. The summed E-state index contributed by atoms with van der Waals surface area (Å²) >= 11 is 0. The van der Waals surface area contributed by atoms with Crippen molar-refractivity contribution in [2.45, 2.75) is 51.7 Å². The third-order valence-electron chi connectivity index (χ3n) is 6.59. The molecule has 0 bridgehead atoms. The molecule has 2 atom stereocenters. The van der Waals surface area contributed by atoms with E-state index < -0.39 is 5.54 Å². The van der Waals surface area contributed by atoms with Crippen LogP contribution in [0.25, 0.3) is 0 Å². The van der Waals surface area contributed by atoms with Crippen LogP contribution < -0.4 is 10.6 Å². The largest absolute Gasteiger partial charge is 0.326 e. The molecule has 7 heteroatoms. The normalized spacial score (nSPS) is 22.6. The van der Waals surface area contributed by atoms with Gasteiger partial charge in [-0.2, -0.15) is 0 Å². The number of halogens is 1. The topological polar surface area (TPSA) is 64.7 Å². The molecule has 2 heterocycles. The van der Waals surface area contributed by atoms with Crippen molar-refractivity contribution in [2.75, 3.05) is 19.8 Å². The quantitative estimate of drug-likeness (QED) is 0.649. The molecule has 2 aromatic carbocycles. The molecule has 0 aromatic heterocycles. The van der Waals surface area contributed by atoms with Crippen LogP contribution in [0.1, 0.15) is 50.8 Å². The van der Waals surface area contributed by atoms with Crippen LogP contribution in [0.2, 0.25) is 0 Å². The van der Waals surface area contributed by atoms with E-state index in [-0.39, 0.29) is 35.9 Å². The second-order valence-electron chi connectivity index (χ2n) is 10.3. The molecule has 4 rings (SSSR count). The molecular weight excluding hydrogens is 419 g/mol. The van der Waals surface area contributed by atoms with Gasteiger partial charge in [0.05, 0.1) is 6.67 Å². The van der Waals surface area contributed by atoms with Crippen molar-refractivity contribution in [2.24, 2.45) is 5.41 Å². The molecule has 2 unspecified atom stereocenters. The van der Waals surface area contributed by atoms with Gasteiger partial charge in [0.2, 0.25) is 0 Å². The van der Waals surface area contributed by atoms with E-state index in [0.29, 0.717) is 13.0 Å². The first-order chi connectivity index (χ1) is 15.7. The highest BCUT2D eigenvalue weighted by Crippen LogP contribution is 2.34. The molecule has 2 fully saturated rings. The van der Waals surface area contributed by atoms with E-state index >= 15 is 0 Å². The molecule has 2 aromatic rings. The standard InChI is InChI=1S/C26H33FN4O2/c1-25(2,3)22(20-10-12-21(27)13-11-20)28-18-31-23(32)26(29-24(31)33)14-7-15-30(17-26)16-19-8-5-4-6-9-19/h4-6,8-13,22,28H,7,14-18H2,1-3H3,(H,29,33). The maximum atomic E-state index is 13.5. The Bertz CT molecular complexity index is 990. The van der Waals surface area contributed by atoms with E-state index in [2.05, 4.69) is 48.4 Å². The summed E-state index contributed by atoms with van der Waals surface area (Å²) in [6, 6.07) is 16.0. The molecule has 1 spiro atoms. The van der Waals surface area contributed by atoms with Gasteiger partial charge in [0.25, 0.3) is 5.91 Å². The number of likely N-dealkylation sites (tertiary alicyclic amines) is 1. The van der Waals surface area contributed by atoms with E-state index in [1.54, 1.807) is 12.1 Å². The first-order valence-electron chi connectivity index (χ1n) is 11.6. The highest BCUT2D eigenvalue weighted by molar-refractivity contribution is 6.07. The van der Waals surface area contributed by atoms with E-state index in [0.717, 1.165) is 25.1 Å². The lowest BCUT2D eigenvalue weighted by Gasteiger charge is -2.38. The van der Waals surface area contributed by atoms with Gasteiger partial charge < -0.3 is 5.32 Å². The van der Waals surface area contributed by atoms with E-state index in [1.807, 2.05) is 18.2 Å². The van der Waals surface area contributed by atoms with Crippen LogP contribution in [0.15, 0.2) is 54.6 Å². The smallest absolute Gasteiger partial charge is 0.322 e. The highest BCUT2D eigenvalue weighted by atomic mass is 19.1. The van der Waals surface area contributed by atoms with Crippen LogP contribution in [0, 0.1) is 11.2 Å². The number of nitrogens with zero attached hydrogens (tertiary/aromatic N) is 2. The molecule has 0 saturated carbocycles. The van der Waals surface area contributed by atoms with E-state index in [1.165, 1.54) is 22.6 Å². The molecule has 0 aliphatic carbocycles. The summed E-state index contributed by atoms with van der Waals surface area (Å²) < 4.78 is 13.4. The van der Waals surface area contributed by atoms with E-state index in [9.17, 15) is 14.0 Å². The van der Waals surface area contributed by atoms with Gasteiger partial charge in [-0.3, -0.25) is 15.0 Å². The maximum Gasteiger partial charge on any atom is 0.326 e. The lowest BCUT2D eigenvalue weighted by Crippen LogP contribution is -2.58. The van der Waals surface area contributed by atoms with E-state index in [4.69, 9.17) is 0 Å². The molecule has 2 saturated heterocycles. The number of hydrogen-bond acceptors (Lipinski definition) is 4. The number of piperidine rings is 1. The minimum atomic E-state index is -0.876. The number of rotatable bonds is 6. The van der Waals surface area contributed by atoms with Gasteiger partial charge in [0.15, 0.2) is 0 Å². The number of benzene rings is 2. The lowest BCUT2D eigenvalue weighted by molar-refractivity contribution is -0.133.